The highest BCUT2D eigenvalue weighted by molar-refractivity contribution is 7.99. The third-order valence-corrected chi connectivity index (χ3v) is 4.04. The lowest BCUT2D eigenvalue weighted by Crippen LogP contribution is -2.33. The molecular formula is C12H15NO2S. The number of carboxylic acid groups (broad SMARTS) is 1. The van der Waals surface area contributed by atoms with E-state index in [1.165, 1.54) is 16.7 Å². The minimum Gasteiger partial charge on any atom is -0.480 e. The smallest absolute Gasteiger partial charge is 0.321 e. The number of nitrogens with one attached hydrogen (secondary N) is 1. The second kappa shape index (κ2) is 4.47. The van der Waals surface area contributed by atoms with Crippen LogP contribution in [0.15, 0.2) is 18.2 Å². The molecule has 86 valence electrons. The van der Waals surface area contributed by atoms with E-state index in [-0.39, 0.29) is 5.37 Å². The summed E-state index contributed by atoms with van der Waals surface area (Å²) in [5, 5.41) is 12.2. The average molecular weight is 237 g/mol. The molecule has 2 unspecified atom stereocenters. The Bertz CT molecular complexity index is 419. The van der Waals surface area contributed by atoms with Crippen LogP contribution in [-0.2, 0) is 4.79 Å². The van der Waals surface area contributed by atoms with Crippen molar-refractivity contribution in [2.75, 3.05) is 5.75 Å². The molecule has 2 N–H and O–H groups in total. The summed E-state index contributed by atoms with van der Waals surface area (Å²) < 4.78 is 0. The van der Waals surface area contributed by atoms with E-state index < -0.39 is 12.0 Å². The molecule has 1 fully saturated rings. The lowest BCUT2D eigenvalue weighted by atomic mass is 10.1. The highest BCUT2D eigenvalue weighted by atomic mass is 32.2. The van der Waals surface area contributed by atoms with Crippen LogP contribution in [-0.4, -0.2) is 22.9 Å². The Morgan fingerprint density at radius 1 is 1.50 bits per heavy atom. The van der Waals surface area contributed by atoms with E-state index in [2.05, 4.69) is 37.4 Å². The maximum atomic E-state index is 10.8. The van der Waals surface area contributed by atoms with E-state index in [1.807, 2.05) is 0 Å². The zero-order valence-corrected chi connectivity index (χ0v) is 10.2. The second-order valence-corrected chi connectivity index (χ2v) is 5.27. The molecule has 1 saturated heterocycles. The van der Waals surface area contributed by atoms with Crippen LogP contribution in [0.1, 0.15) is 22.1 Å². The van der Waals surface area contributed by atoms with Gasteiger partial charge in [0.25, 0.3) is 0 Å². The van der Waals surface area contributed by atoms with Crippen LogP contribution in [0.5, 0.6) is 0 Å². The quantitative estimate of drug-likeness (QED) is 0.827. The van der Waals surface area contributed by atoms with Gasteiger partial charge in [0.2, 0.25) is 0 Å². The van der Waals surface area contributed by atoms with E-state index >= 15 is 0 Å². The predicted octanol–water partition coefficient (Wildman–Crippen LogP) is 2.09. The van der Waals surface area contributed by atoms with E-state index in [9.17, 15) is 4.79 Å². The van der Waals surface area contributed by atoms with Crippen LogP contribution in [0.2, 0.25) is 0 Å². The molecule has 0 radical (unpaired) electrons. The first-order valence-corrected chi connectivity index (χ1v) is 6.30. The van der Waals surface area contributed by atoms with Gasteiger partial charge in [-0.25, -0.2) is 0 Å². The van der Waals surface area contributed by atoms with Crippen LogP contribution >= 0.6 is 11.8 Å². The Balaban J connectivity index is 2.17. The van der Waals surface area contributed by atoms with E-state index in [0.717, 1.165) is 0 Å². The normalized spacial score (nSPS) is 24.6. The number of rotatable bonds is 2. The lowest BCUT2D eigenvalue weighted by Gasteiger charge is -2.14. The van der Waals surface area contributed by atoms with Crippen LogP contribution in [0.3, 0.4) is 0 Å². The summed E-state index contributed by atoms with van der Waals surface area (Å²) in [6.45, 7) is 4.13. The van der Waals surface area contributed by atoms with Crippen molar-refractivity contribution >= 4 is 17.7 Å². The molecule has 1 aromatic rings. The molecule has 16 heavy (non-hydrogen) atoms. The molecule has 1 aromatic carbocycles. The summed E-state index contributed by atoms with van der Waals surface area (Å²) in [5.41, 5.74) is 3.65. The van der Waals surface area contributed by atoms with Gasteiger partial charge in [0.1, 0.15) is 6.04 Å². The summed E-state index contributed by atoms with van der Waals surface area (Å²) in [7, 11) is 0. The molecule has 0 amide bonds. The van der Waals surface area contributed by atoms with Gasteiger partial charge in [-0.15, -0.1) is 11.8 Å². The second-order valence-electron chi connectivity index (χ2n) is 4.13. The highest BCUT2D eigenvalue weighted by Gasteiger charge is 2.30. The van der Waals surface area contributed by atoms with Gasteiger partial charge in [-0.1, -0.05) is 23.8 Å². The van der Waals surface area contributed by atoms with Gasteiger partial charge in [-0.3, -0.25) is 10.1 Å². The number of aliphatic carboxylic acids is 1. The molecule has 2 atom stereocenters. The number of aryl methyl sites for hydroxylation is 2. The van der Waals surface area contributed by atoms with Crippen LogP contribution in [0.25, 0.3) is 0 Å². The van der Waals surface area contributed by atoms with Gasteiger partial charge in [-0.05, 0) is 25.0 Å². The predicted molar refractivity (Wildman–Crippen MR) is 65.7 cm³/mol. The van der Waals surface area contributed by atoms with Crippen molar-refractivity contribution in [3.63, 3.8) is 0 Å². The molecule has 0 aromatic heterocycles. The van der Waals surface area contributed by atoms with E-state index in [4.69, 9.17) is 5.11 Å². The number of thioether (sulfide) groups is 1. The maximum absolute atomic E-state index is 10.8. The minimum absolute atomic E-state index is 0.113. The third kappa shape index (κ3) is 2.23. The zero-order valence-electron chi connectivity index (χ0n) is 9.36. The minimum atomic E-state index is -0.764. The van der Waals surface area contributed by atoms with Gasteiger partial charge in [-0.2, -0.15) is 0 Å². The Labute approximate surface area is 99.2 Å². The first-order chi connectivity index (χ1) is 7.58. The SMILES string of the molecule is Cc1ccc(C2NC(C(=O)O)CS2)c(C)c1. The van der Waals surface area contributed by atoms with Crippen LogP contribution in [0.4, 0.5) is 0 Å². The topological polar surface area (TPSA) is 49.3 Å². The molecule has 0 bridgehead atoms. The fraction of sp³-hybridized carbons (Fsp3) is 0.417. The fourth-order valence-corrected chi connectivity index (χ4v) is 3.24. The van der Waals surface area contributed by atoms with Crippen molar-refractivity contribution in [1.82, 2.24) is 5.32 Å². The maximum Gasteiger partial charge on any atom is 0.321 e. The Hall–Kier alpha value is -1.00. The first kappa shape index (κ1) is 11.5. The van der Waals surface area contributed by atoms with Crippen LogP contribution < -0.4 is 5.32 Å². The standard InChI is InChI=1S/C12H15NO2S/c1-7-3-4-9(8(2)5-7)11-13-10(6-16-11)12(14)15/h3-5,10-11,13H,6H2,1-2H3,(H,14,15). The number of carbonyl (C=O) groups is 1. The summed E-state index contributed by atoms with van der Waals surface area (Å²) >= 11 is 1.66. The van der Waals surface area contributed by atoms with Crippen LogP contribution in [0, 0.1) is 13.8 Å². The van der Waals surface area contributed by atoms with Crippen molar-refractivity contribution in [2.45, 2.75) is 25.3 Å². The summed E-state index contributed by atoms with van der Waals surface area (Å²) in [6.07, 6.45) is 0. The van der Waals surface area contributed by atoms with Gasteiger partial charge in [0.15, 0.2) is 0 Å². The molecule has 0 saturated carbocycles. The molecule has 0 spiro atoms. The zero-order chi connectivity index (χ0) is 11.7. The molecule has 3 nitrogen and oxygen atoms in total. The van der Waals surface area contributed by atoms with Crippen molar-refractivity contribution in [3.8, 4) is 0 Å². The largest absolute Gasteiger partial charge is 0.480 e. The summed E-state index contributed by atoms with van der Waals surface area (Å²) in [4.78, 5) is 10.8. The number of benzene rings is 1. The van der Waals surface area contributed by atoms with Crippen molar-refractivity contribution in [3.05, 3.63) is 34.9 Å². The molecule has 2 rings (SSSR count). The molecule has 4 heteroatoms. The third-order valence-electron chi connectivity index (χ3n) is 2.79. The Morgan fingerprint density at radius 3 is 2.81 bits per heavy atom. The van der Waals surface area contributed by atoms with E-state index in [1.54, 1.807) is 11.8 Å². The number of carboxylic acids is 1. The monoisotopic (exact) mass is 237 g/mol. The highest BCUT2D eigenvalue weighted by Crippen LogP contribution is 2.34. The average Bonchev–Trinajstić information content (AvgIpc) is 2.66. The van der Waals surface area contributed by atoms with Crippen molar-refractivity contribution in [1.29, 1.82) is 0 Å². The molecule has 0 aliphatic carbocycles. The molecule has 1 aliphatic rings. The lowest BCUT2D eigenvalue weighted by molar-refractivity contribution is -0.138. The molecular weight excluding hydrogens is 222 g/mol. The number of hydrogen-bond acceptors (Lipinski definition) is 3. The first-order valence-electron chi connectivity index (χ1n) is 5.25. The fourth-order valence-electron chi connectivity index (χ4n) is 1.91. The number of hydrogen-bond donors (Lipinski definition) is 2. The van der Waals surface area contributed by atoms with Gasteiger partial charge in [0, 0.05) is 5.75 Å². The van der Waals surface area contributed by atoms with Crippen molar-refractivity contribution in [2.24, 2.45) is 0 Å². The molecule has 1 heterocycles. The summed E-state index contributed by atoms with van der Waals surface area (Å²) in [5.74, 6) is -0.132. The van der Waals surface area contributed by atoms with Crippen molar-refractivity contribution < 1.29 is 9.90 Å². The van der Waals surface area contributed by atoms with Gasteiger partial charge in [0.05, 0.1) is 5.37 Å². The van der Waals surface area contributed by atoms with Gasteiger partial charge < -0.3 is 5.11 Å². The molecule has 1 aliphatic heterocycles. The Kier molecular flexibility index (Phi) is 3.21. The summed E-state index contributed by atoms with van der Waals surface area (Å²) in [6, 6.07) is 5.86. The Morgan fingerprint density at radius 2 is 2.25 bits per heavy atom. The van der Waals surface area contributed by atoms with Gasteiger partial charge >= 0.3 is 5.97 Å². The van der Waals surface area contributed by atoms with E-state index in [0.29, 0.717) is 5.75 Å².